The van der Waals surface area contributed by atoms with Gasteiger partial charge in [0.15, 0.2) is 0 Å². The van der Waals surface area contributed by atoms with Crippen molar-refractivity contribution in [3.05, 3.63) is 12.7 Å². The van der Waals surface area contributed by atoms with E-state index in [0.29, 0.717) is 24.9 Å². The number of carboxylic acids is 1. The second-order valence-corrected chi connectivity index (χ2v) is 10.8. The molecule has 1 saturated heterocycles. The lowest BCUT2D eigenvalue weighted by Gasteiger charge is -2.32. The Kier molecular flexibility index (Phi) is 15.8. The lowest BCUT2D eigenvalue weighted by molar-refractivity contribution is -0.137. The third kappa shape index (κ3) is 11.2. The molecule has 3 amide bonds. The molecule has 1 atom stereocenters. The molecular formula is C30H54N2O5. The molecule has 0 aromatic carbocycles. The van der Waals surface area contributed by atoms with Crippen LogP contribution in [0.1, 0.15) is 118 Å². The van der Waals surface area contributed by atoms with Crippen LogP contribution in [0.2, 0.25) is 0 Å². The zero-order chi connectivity index (χ0) is 27.7. The van der Waals surface area contributed by atoms with Crippen molar-refractivity contribution in [3.8, 4) is 0 Å². The number of aliphatic carboxylic acids is 1. The molecular weight excluding hydrogens is 468 g/mol. The minimum absolute atomic E-state index is 0.0623. The second kappa shape index (κ2) is 17.6. The van der Waals surface area contributed by atoms with Gasteiger partial charge in [0.05, 0.1) is 0 Å². The second-order valence-electron chi connectivity index (χ2n) is 10.8. The average Bonchev–Trinajstić information content (AvgIpc) is 3.18. The highest BCUT2D eigenvalue weighted by Crippen LogP contribution is 2.38. The van der Waals surface area contributed by atoms with Crippen LogP contribution >= 0.6 is 0 Å². The van der Waals surface area contributed by atoms with E-state index >= 15 is 0 Å². The van der Waals surface area contributed by atoms with E-state index in [0.717, 1.165) is 83.8 Å². The highest BCUT2D eigenvalue weighted by atomic mass is 16.5. The largest absolute Gasteiger partial charge is 0.481 e. The van der Waals surface area contributed by atoms with Crippen molar-refractivity contribution in [1.29, 1.82) is 0 Å². The standard InChI is InChI=1S/C30H54N2O5/c1-6-29(7-2,18-11-14-22-32-26(33)25-31(10-5)28(32)36)19-12-15-23-37-24-16-13-20-30(8-3,9-4)21-17-27(34)35/h8H,3,6-7,9-25H2,1-2,4-5H3,(H,34,35). The van der Waals surface area contributed by atoms with Crippen LogP contribution in [0.25, 0.3) is 0 Å². The van der Waals surface area contributed by atoms with E-state index in [1.54, 1.807) is 4.90 Å². The Morgan fingerprint density at radius 3 is 2.00 bits per heavy atom. The monoisotopic (exact) mass is 522 g/mol. The van der Waals surface area contributed by atoms with Crippen molar-refractivity contribution in [3.63, 3.8) is 0 Å². The molecule has 1 aliphatic heterocycles. The molecule has 0 radical (unpaired) electrons. The fraction of sp³-hybridized carbons (Fsp3) is 0.833. The fourth-order valence-corrected chi connectivity index (χ4v) is 5.58. The molecule has 1 unspecified atom stereocenters. The summed E-state index contributed by atoms with van der Waals surface area (Å²) in [7, 11) is 0. The molecule has 0 aromatic heterocycles. The van der Waals surface area contributed by atoms with E-state index in [4.69, 9.17) is 9.84 Å². The number of imide groups is 1. The van der Waals surface area contributed by atoms with Gasteiger partial charge in [0, 0.05) is 32.7 Å². The maximum atomic E-state index is 12.3. The highest BCUT2D eigenvalue weighted by molar-refractivity contribution is 6.01. The Morgan fingerprint density at radius 2 is 1.51 bits per heavy atom. The number of unbranched alkanes of at least 4 members (excludes halogenated alkanes) is 3. The third-order valence-electron chi connectivity index (χ3n) is 8.78. The minimum Gasteiger partial charge on any atom is -0.481 e. The maximum absolute atomic E-state index is 12.3. The van der Waals surface area contributed by atoms with Crippen LogP contribution in [-0.4, -0.2) is 65.7 Å². The molecule has 0 spiro atoms. The van der Waals surface area contributed by atoms with Crippen LogP contribution in [0, 0.1) is 10.8 Å². The van der Waals surface area contributed by atoms with Gasteiger partial charge in [-0.25, -0.2) is 4.79 Å². The number of ether oxygens (including phenoxy) is 1. The van der Waals surface area contributed by atoms with Crippen LogP contribution in [0.4, 0.5) is 4.79 Å². The van der Waals surface area contributed by atoms with Gasteiger partial charge < -0.3 is 14.7 Å². The van der Waals surface area contributed by atoms with Crippen LogP contribution in [0.5, 0.6) is 0 Å². The lowest BCUT2D eigenvalue weighted by atomic mass is 9.74. The molecule has 1 heterocycles. The number of allylic oxidation sites excluding steroid dienone is 1. The quantitative estimate of drug-likeness (QED) is 0.0882. The van der Waals surface area contributed by atoms with Crippen LogP contribution in [0.3, 0.4) is 0 Å². The van der Waals surface area contributed by atoms with Crippen molar-refractivity contribution in [2.45, 2.75) is 118 Å². The molecule has 1 fully saturated rings. The summed E-state index contributed by atoms with van der Waals surface area (Å²) in [4.78, 5) is 38.3. The Bertz CT molecular complexity index is 706. The third-order valence-corrected chi connectivity index (χ3v) is 8.78. The normalized spacial score (nSPS) is 15.9. The number of amides is 3. The summed E-state index contributed by atoms with van der Waals surface area (Å²) in [5, 5.41) is 9.01. The summed E-state index contributed by atoms with van der Waals surface area (Å²) < 4.78 is 5.90. The maximum Gasteiger partial charge on any atom is 0.327 e. The van der Waals surface area contributed by atoms with Crippen LogP contribution in [-0.2, 0) is 14.3 Å². The van der Waals surface area contributed by atoms with Crippen molar-refractivity contribution in [1.82, 2.24) is 9.80 Å². The Morgan fingerprint density at radius 1 is 0.919 bits per heavy atom. The summed E-state index contributed by atoms with van der Waals surface area (Å²) in [6.07, 6.45) is 15.5. The van der Waals surface area contributed by atoms with E-state index in [1.807, 2.05) is 13.0 Å². The predicted octanol–water partition coefficient (Wildman–Crippen LogP) is 7.05. The molecule has 37 heavy (non-hydrogen) atoms. The number of hydrogen-bond donors (Lipinski definition) is 1. The smallest absolute Gasteiger partial charge is 0.327 e. The zero-order valence-electron chi connectivity index (χ0n) is 24.2. The van der Waals surface area contributed by atoms with Crippen molar-refractivity contribution in [2.75, 3.05) is 32.8 Å². The number of carbonyl (C=O) groups is 3. The van der Waals surface area contributed by atoms with Crippen molar-refractivity contribution < 1.29 is 24.2 Å². The van der Waals surface area contributed by atoms with Gasteiger partial charge in [0.1, 0.15) is 6.54 Å². The molecule has 1 N–H and O–H groups in total. The predicted molar refractivity (Wildman–Crippen MR) is 150 cm³/mol. The summed E-state index contributed by atoms with van der Waals surface area (Å²) in [5.74, 6) is -0.802. The summed E-state index contributed by atoms with van der Waals surface area (Å²) in [6.45, 7) is 15.4. The number of nitrogens with zero attached hydrogens (tertiary/aromatic N) is 2. The van der Waals surface area contributed by atoms with Gasteiger partial charge in [-0.05, 0) is 69.1 Å². The van der Waals surface area contributed by atoms with E-state index in [9.17, 15) is 14.4 Å². The first-order valence-electron chi connectivity index (χ1n) is 14.7. The first-order chi connectivity index (χ1) is 17.7. The lowest BCUT2D eigenvalue weighted by Crippen LogP contribution is -2.33. The first kappa shape index (κ1) is 33.1. The summed E-state index contributed by atoms with van der Waals surface area (Å²) in [5.41, 5.74) is 0.260. The van der Waals surface area contributed by atoms with Crippen LogP contribution in [0.15, 0.2) is 12.7 Å². The summed E-state index contributed by atoms with van der Waals surface area (Å²) in [6, 6.07) is -0.131. The number of carbonyl (C=O) groups excluding carboxylic acids is 2. The molecule has 7 heteroatoms. The number of hydrogen-bond acceptors (Lipinski definition) is 4. The Balaban J connectivity index is 2.23. The highest BCUT2D eigenvalue weighted by Gasteiger charge is 2.34. The van der Waals surface area contributed by atoms with E-state index in [2.05, 4.69) is 27.4 Å². The van der Waals surface area contributed by atoms with Crippen molar-refractivity contribution in [2.24, 2.45) is 10.8 Å². The number of rotatable bonds is 23. The van der Waals surface area contributed by atoms with E-state index in [1.165, 1.54) is 11.3 Å². The van der Waals surface area contributed by atoms with Gasteiger partial charge in [-0.3, -0.25) is 14.5 Å². The van der Waals surface area contributed by atoms with E-state index in [-0.39, 0.29) is 30.3 Å². The first-order valence-corrected chi connectivity index (χ1v) is 14.7. The topological polar surface area (TPSA) is 87.2 Å². The van der Waals surface area contributed by atoms with Gasteiger partial charge in [0.25, 0.3) is 0 Å². The molecule has 0 saturated carbocycles. The van der Waals surface area contributed by atoms with Crippen LogP contribution < -0.4 is 0 Å². The molecule has 214 valence electrons. The SMILES string of the molecule is C=CC(CC)(CCCCOCCCCC(CC)(CC)CCCCN1C(=O)CN(CC)C1=O)CCC(=O)O. The van der Waals surface area contributed by atoms with Gasteiger partial charge in [-0.1, -0.05) is 59.0 Å². The molecule has 0 bridgehead atoms. The molecule has 1 rings (SSSR count). The van der Waals surface area contributed by atoms with Gasteiger partial charge in [0.2, 0.25) is 5.91 Å². The molecule has 0 aliphatic carbocycles. The number of carboxylic acid groups (broad SMARTS) is 1. The molecule has 7 nitrogen and oxygen atoms in total. The minimum atomic E-state index is -0.739. The number of likely N-dealkylation sites (N-methyl/N-ethyl adjacent to an activating group) is 1. The van der Waals surface area contributed by atoms with Gasteiger partial charge in [-0.2, -0.15) is 0 Å². The van der Waals surface area contributed by atoms with E-state index < -0.39 is 5.97 Å². The Labute approximate surface area is 226 Å². The average molecular weight is 523 g/mol. The zero-order valence-corrected chi connectivity index (χ0v) is 24.2. The van der Waals surface area contributed by atoms with Gasteiger partial charge in [-0.15, -0.1) is 6.58 Å². The van der Waals surface area contributed by atoms with Gasteiger partial charge >= 0.3 is 12.0 Å². The summed E-state index contributed by atoms with van der Waals surface area (Å²) >= 11 is 0. The number of urea groups is 1. The van der Waals surface area contributed by atoms with Crippen molar-refractivity contribution >= 4 is 17.9 Å². The fourth-order valence-electron chi connectivity index (χ4n) is 5.58. The molecule has 0 aromatic rings. The Hall–Kier alpha value is -1.89. The molecule has 1 aliphatic rings.